The summed E-state index contributed by atoms with van der Waals surface area (Å²) in [6.45, 7) is 0. The van der Waals surface area contributed by atoms with Crippen LogP contribution >= 0.6 is 0 Å². The first kappa shape index (κ1) is 9.18. The minimum absolute atomic E-state index is 0.0377. The van der Waals surface area contributed by atoms with Gasteiger partial charge >= 0.3 is 0 Å². The van der Waals surface area contributed by atoms with Crippen molar-refractivity contribution in [2.24, 2.45) is 5.73 Å². The van der Waals surface area contributed by atoms with Crippen LogP contribution in [-0.2, 0) is 0 Å². The molecule has 0 saturated carbocycles. The van der Waals surface area contributed by atoms with Crippen LogP contribution in [-0.4, -0.2) is 17.8 Å². The van der Waals surface area contributed by atoms with Gasteiger partial charge in [0.05, 0.1) is 17.5 Å². The van der Waals surface area contributed by atoms with Crippen molar-refractivity contribution < 1.29 is 9.92 Å². The second kappa shape index (κ2) is 3.66. The van der Waals surface area contributed by atoms with E-state index in [2.05, 4.69) is 4.99 Å². The number of nitrogens with two attached hydrogens (primary N) is 1. The zero-order valence-corrected chi connectivity index (χ0v) is 7.15. The number of nitro benzene ring substituents is 1. The van der Waals surface area contributed by atoms with Crippen LogP contribution in [0.5, 0.6) is 0 Å². The second-order valence-electron chi connectivity index (χ2n) is 2.47. The van der Waals surface area contributed by atoms with Crippen LogP contribution in [0.15, 0.2) is 24.3 Å². The molecule has 0 spiro atoms. The zero-order valence-electron chi connectivity index (χ0n) is 7.15. The Bertz CT molecular complexity index is 360. The molecular weight excluding hydrogens is 170 g/mol. The number of hydrogen-bond donors (Lipinski definition) is 2. The summed E-state index contributed by atoms with van der Waals surface area (Å²) in [5, 5.41) is 10.4. The van der Waals surface area contributed by atoms with Gasteiger partial charge in [-0.2, -0.15) is 0 Å². The molecular formula is C8H10N3O2+. The normalized spacial score (nSPS) is 11.3. The van der Waals surface area contributed by atoms with E-state index in [0.717, 1.165) is 0 Å². The van der Waals surface area contributed by atoms with Gasteiger partial charge in [-0.25, -0.2) is 0 Å². The number of non-ortho nitro benzene ring substituents is 1. The summed E-state index contributed by atoms with van der Waals surface area (Å²) in [7, 11) is 1.66. The first-order valence-corrected chi connectivity index (χ1v) is 3.70. The third kappa shape index (κ3) is 2.02. The van der Waals surface area contributed by atoms with Crippen molar-refractivity contribution in [2.45, 2.75) is 0 Å². The van der Waals surface area contributed by atoms with Crippen LogP contribution in [0.25, 0.3) is 0 Å². The van der Waals surface area contributed by atoms with Crippen LogP contribution in [0.3, 0.4) is 0 Å². The van der Waals surface area contributed by atoms with Gasteiger partial charge < -0.3 is 0 Å². The SMILES string of the molecule is C[NH+]=C(N)c1cccc([N+](=O)[O-])c1. The molecule has 0 fully saturated rings. The standard InChI is InChI=1S/C8H9N3O2/c1-10-8(9)6-3-2-4-7(5-6)11(12)13/h2-5H,1H3,(H2,9,10)/p+1. The molecule has 0 saturated heterocycles. The Morgan fingerprint density at radius 1 is 1.62 bits per heavy atom. The molecule has 0 aromatic heterocycles. The van der Waals surface area contributed by atoms with Crippen molar-refractivity contribution in [1.82, 2.24) is 0 Å². The first-order valence-electron chi connectivity index (χ1n) is 3.70. The fraction of sp³-hybridized carbons (Fsp3) is 0.125. The van der Waals surface area contributed by atoms with E-state index >= 15 is 0 Å². The minimum Gasteiger partial charge on any atom is -0.287 e. The lowest BCUT2D eigenvalue weighted by molar-refractivity contribution is -0.420. The molecule has 0 amide bonds. The molecule has 5 nitrogen and oxygen atoms in total. The Labute approximate surface area is 75.0 Å². The summed E-state index contributed by atoms with van der Waals surface area (Å²) in [5.74, 6) is 0.420. The highest BCUT2D eigenvalue weighted by Gasteiger charge is 2.09. The van der Waals surface area contributed by atoms with Gasteiger partial charge in [-0.15, -0.1) is 0 Å². The molecule has 1 aromatic rings. The Hall–Kier alpha value is -1.91. The summed E-state index contributed by atoms with van der Waals surface area (Å²) < 4.78 is 0. The highest BCUT2D eigenvalue weighted by molar-refractivity contribution is 5.93. The van der Waals surface area contributed by atoms with Gasteiger partial charge in [-0.3, -0.25) is 20.8 Å². The molecule has 0 bridgehead atoms. The Morgan fingerprint density at radius 3 is 2.85 bits per heavy atom. The van der Waals surface area contributed by atoms with Crippen LogP contribution < -0.4 is 10.7 Å². The highest BCUT2D eigenvalue weighted by Crippen LogP contribution is 2.11. The highest BCUT2D eigenvalue weighted by atomic mass is 16.6. The molecule has 0 aliphatic carbocycles. The van der Waals surface area contributed by atoms with Gasteiger partial charge in [0.2, 0.25) is 0 Å². The number of benzene rings is 1. The molecule has 0 aliphatic rings. The molecule has 3 N–H and O–H groups in total. The van der Waals surface area contributed by atoms with Gasteiger partial charge in [0.1, 0.15) is 0 Å². The van der Waals surface area contributed by atoms with E-state index in [9.17, 15) is 10.1 Å². The van der Waals surface area contributed by atoms with Crippen molar-refractivity contribution in [3.63, 3.8) is 0 Å². The predicted molar refractivity (Wildman–Crippen MR) is 48.3 cm³/mol. The zero-order chi connectivity index (χ0) is 9.84. The maximum Gasteiger partial charge on any atom is 0.272 e. The third-order valence-corrected chi connectivity index (χ3v) is 1.64. The minimum atomic E-state index is -0.452. The fourth-order valence-corrected chi connectivity index (χ4v) is 0.931. The van der Waals surface area contributed by atoms with Gasteiger partial charge in [0, 0.05) is 12.1 Å². The lowest BCUT2D eigenvalue weighted by atomic mass is 10.2. The lowest BCUT2D eigenvalue weighted by Gasteiger charge is -1.94. The maximum atomic E-state index is 10.4. The number of nitro groups is 1. The summed E-state index contributed by atoms with van der Waals surface area (Å²) >= 11 is 0. The molecule has 0 unspecified atom stereocenters. The van der Waals surface area contributed by atoms with Crippen LogP contribution in [0.4, 0.5) is 5.69 Å². The molecule has 0 heterocycles. The molecule has 0 radical (unpaired) electrons. The van der Waals surface area contributed by atoms with Crippen molar-refractivity contribution in [3.8, 4) is 0 Å². The van der Waals surface area contributed by atoms with Crippen LogP contribution in [0.1, 0.15) is 5.56 Å². The van der Waals surface area contributed by atoms with Gasteiger partial charge in [0.25, 0.3) is 11.5 Å². The first-order chi connectivity index (χ1) is 6.15. The van der Waals surface area contributed by atoms with Crippen LogP contribution in [0, 0.1) is 10.1 Å². The summed E-state index contributed by atoms with van der Waals surface area (Å²) in [6.07, 6.45) is 0. The van der Waals surface area contributed by atoms with E-state index in [1.165, 1.54) is 12.1 Å². The smallest absolute Gasteiger partial charge is 0.272 e. The molecule has 1 aromatic carbocycles. The number of rotatable bonds is 2. The van der Waals surface area contributed by atoms with E-state index in [1.54, 1.807) is 19.2 Å². The number of amidine groups is 1. The molecule has 1 rings (SSSR count). The van der Waals surface area contributed by atoms with Gasteiger partial charge in [0.15, 0.2) is 0 Å². The maximum absolute atomic E-state index is 10.4. The quantitative estimate of drug-likeness (QED) is 0.265. The Balaban J connectivity index is 3.13. The molecule has 0 atom stereocenters. The average Bonchev–Trinajstić information content (AvgIpc) is 2.17. The topological polar surface area (TPSA) is 83.1 Å². The fourth-order valence-electron chi connectivity index (χ4n) is 0.931. The molecule has 68 valence electrons. The van der Waals surface area contributed by atoms with E-state index in [0.29, 0.717) is 11.4 Å². The van der Waals surface area contributed by atoms with Crippen LogP contribution in [0.2, 0.25) is 0 Å². The number of nitrogens with one attached hydrogen (secondary N) is 1. The van der Waals surface area contributed by atoms with Crippen molar-refractivity contribution in [2.75, 3.05) is 7.05 Å². The molecule has 13 heavy (non-hydrogen) atoms. The number of nitrogens with zero attached hydrogens (tertiary/aromatic N) is 1. The predicted octanol–water partition coefficient (Wildman–Crippen LogP) is -0.989. The summed E-state index contributed by atoms with van der Waals surface area (Å²) in [6, 6.07) is 6.15. The van der Waals surface area contributed by atoms with Crippen molar-refractivity contribution in [3.05, 3.63) is 39.9 Å². The third-order valence-electron chi connectivity index (χ3n) is 1.64. The second-order valence-corrected chi connectivity index (χ2v) is 2.47. The molecule has 5 heteroatoms. The largest absolute Gasteiger partial charge is 0.287 e. The van der Waals surface area contributed by atoms with Gasteiger partial charge in [-0.1, -0.05) is 6.07 Å². The summed E-state index contributed by atoms with van der Waals surface area (Å²) in [5.41, 5.74) is 6.21. The average molecular weight is 180 g/mol. The van der Waals surface area contributed by atoms with E-state index in [-0.39, 0.29) is 5.69 Å². The van der Waals surface area contributed by atoms with Crippen molar-refractivity contribution >= 4 is 11.5 Å². The van der Waals surface area contributed by atoms with E-state index in [1.807, 2.05) is 0 Å². The molecule has 0 aliphatic heterocycles. The number of nitrogen functional groups attached to an aromatic ring is 1. The monoisotopic (exact) mass is 180 g/mol. The van der Waals surface area contributed by atoms with Gasteiger partial charge in [-0.05, 0) is 6.07 Å². The van der Waals surface area contributed by atoms with E-state index < -0.39 is 4.92 Å². The van der Waals surface area contributed by atoms with Crippen molar-refractivity contribution in [1.29, 1.82) is 0 Å². The Kier molecular flexibility index (Phi) is 2.59. The summed E-state index contributed by atoms with van der Waals surface area (Å²) in [4.78, 5) is 12.7. The Morgan fingerprint density at radius 2 is 2.31 bits per heavy atom. The number of hydrogen-bond acceptors (Lipinski definition) is 2. The lowest BCUT2D eigenvalue weighted by Crippen LogP contribution is -2.71. The van der Waals surface area contributed by atoms with E-state index in [4.69, 9.17) is 5.73 Å².